The highest BCUT2D eigenvalue weighted by Crippen LogP contribution is 2.57. The van der Waals surface area contributed by atoms with E-state index in [0.717, 1.165) is 6.61 Å². The molecule has 76 valence electrons. The van der Waals surface area contributed by atoms with E-state index in [4.69, 9.17) is 20.9 Å². The van der Waals surface area contributed by atoms with Crippen LogP contribution in [0.4, 0.5) is 0 Å². The molecule has 2 aliphatic rings. The molecule has 3 nitrogen and oxygen atoms in total. The Hall–Kier alpha value is 0.530. The van der Waals surface area contributed by atoms with Gasteiger partial charge < -0.3 is 9.05 Å². The summed E-state index contributed by atoms with van der Waals surface area (Å²) in [5, 5.41) is 0. The maximum atomic E-state index is 5.89. The summed E-state index contributed by atoms with van der Waals surface area (Å²) in [6.07, 6.45) is 4.05. The number of hydrogen-bond donors (Lipinski definition) is 0. The zero-order valence-electron chi connectivity index (χ0n) is 8.10. The van der Waals surface area contributed by atoms with E-state index in [1.807, 2.05) is 18.8 Å². The molecule has 1 saturated carbocycles. The molecule has 1 aliphatic heterocycles. The lowest BCUT2D eigenvalue weighted by Crippen LogP contribution is -2.30. The fourth-order valence-electron chi connectivity index (χ4n) is 1.93. The van der Waals surface area contributed by atoms with Gasteiger partial charge in [-0.05, 0) is 38.7 Å². The topological polar surface area (TPSA) is 21.7 Å². The minimum atomic E-state index is -2.09. The minimum Gasteiger partial charge on any atom is -0.317 e. The lowest BCUT2D eigenvalue weighted by molar-refractivity contribution is 0.0516. The van der Waals surface area contributed by atoms with Crippen molar-refractivity contribution in [1.82, 2.24) is 4.67 Å². The number of fused-ring (bicyclic) bond motifs is 1. The highest BCUT2D eigenvalue weighted by atomic mass is 32.5. The molecule has 0 aromatic carbocycles. The largest absolute Gasteiger partial charge is 0.317 e. The third-order valence-electron chi connectivity index (χ3n) is 2.80. The second kappa shape index (κ2) is 3.59. The average Bonchev–Trinajstić information content (AvgIpc) is 2.50. The molecule has 1 heterocycles. The molecule has 13 heavy (non-hydrogen) atoms. The van der Waals surface area contributed by atoms with Crippen molar-refractivity contribution in [3.05, 3.63) is 0 Å². The highest BCUT2D eigenvalue weighted by molar-refractivity contribution is 8.08. The van der Waals surface area contributed by atoms with E-state index in [9.17, 15) is 0 Å². The monoisotopic (exact) mass is 221 g/mol. The van der Waals surface area contributed by atoms with Crippen molar-refractivity contribution < 1.29 is 9.05 Å². The fourth-order valence-corrected chi connectivity index (χ4v) is 3.93. The van der Waals surface area contributed by atoms with Crippen molar-refractivity contribution in [1.29, 1.82) is 0 Å². The Kier molecular flexibility index (Phi) is 2.78. The van der Waals surface area contributed by atoms with Crippen LogP contribution in [0.2, 0.25) is 0 Å². The summed E-state index contributed by atoms with van der Waals surface area (Å²) in [5.41, 5.74) is 0. The lowest BCUT2D eigenvalue weighted by Gasteiger charge is -2.37. The molecule has 2 fully saturated rings. The van der Waals surface area contributed by atoms with Crippen LogP contribution in [0.3, 0.4) is 0 Å². The molecule has 0 amide bonds. The van der Waals surface area contributed by atoms with Crippen molar-refractivity contribution in [2.75, 3.05) is 20.7 Å². The standard InChI is InChI=1S/C8H16NO2PS/c1-9(2)12(13)10-6-7-4-3-5-8(7)11-12/h7-8H,3-6H2,1-2H3/t7-,8-,12+/m1/s1. The summed E-state index contributed by atoms with van der Waals surface area (Å²) in [6.45, 7) is -1.28. The first-order valence-electron chi connectivity index (χ1n) is 4.72. The van der Waals surface area contributed by atoms with Gasteiger partial charge in [0.1, 0.15) is 0 Å². The number of nitrogens with zero attached hydrogens (tertiary/aromatic N) is 1. The van der Waals surface area contributed by atoms with Crippen LogP contribution >= 0.6 is 6.64 Å². The predicted molar refractivity (Wildman–Crippen MR) is 56.1 cm³/mol. The second-order valence-corrected chi connectivity index (χ2v) is 7.54. The van der Waals surface area contributed by atoms with Crippen LogP contribution in [0.5, 0.6) is 0 Å². The summed E-state index contributed by atoms with van der Waals surface area (Å²) in [5.74, 6) is 0.607. The second-order valence-electron chi connectivity index (χ2n) is 3.95. The molecule has 0 aromatic heterocycles. The third kappa shape index (κ3) is 1.83. The van der Waals surface area contributed by atoms with Crippen LogP contribution in [-0.4, -0.2) is 31.5 Å². The highest BCUT2D eigenvalue weighted by Gasteiger charge is 2.40. The Balaban J connectivity index is 2.08. The first-order chi connectivity index (χ1) is 6.12. The third-order valence-corrected chi connectivity index (χ3v) is 6.35. The summed E-state index contributed by atoms with van der Waals surface area (Å²) in [7, 11) is 3.88. The summed E-state index contributed by atoms with van der Waals surface area (Å²) in [4.78, 5) is 0. The SMILES string of the molecule is CN(C)[P@]1(=S)OC[C@H]2CCC[C@H]2O1. The van der Waals surface area contributed by atoms with E-state index in [1.165, 1.54) is 19.3 Å². The van der Waals surface area contributed by atoms with Crippen molar-refractivity contribution in [3.63, 3.8) is 0 Å². The first-order valence-corrected chi connectivity index (χ1v) is 7.32. The maximum Gasteiger partial charge on any atom is 0.263 e. The van der Waals surface area contributed by atoms with Gasteiger partial charge in [-0.2, -0.15) is 0 Å². The van der Waals surface area contributed by atoms with Crippen molar-refractivity contribution in [3.8, 4) is 0 Å². The molecule has 0 spiro atoms. The van der Waals surface area contributed by atoms with Crippen LogP contribution < -0.4 is 0 Å². The molecule has 1 aliphatic carbocycles. The van der Waals surface area contributed by atoms with E-state index in [-0.39, 0.29) is 0 Å². The van der Waals surface area contributed by atoms with Crippen molar-refractivity contribution >= 4 is 18.4 Å². The van der Waals surface area contributed by atoms with Crippen LogP contribution in [0.25, 0.3) is 0 Å². The van der Waals surface area contributed by atoms with Gasteiger partial charge in [-0.15, -0.1) is 0 Å². The van der Waals surface area contributed by atoms with Crippen molar-refractivity contribution in [2.24, 2.45) is 5.92 Å². The lowest BCUT2D eigenvalue weighted by atomic mass is 10.1. The van der Waals surface area contributed by atoms with E-state index in [2.05, 4.69) is 0 Å². The first kappa shape index (κ1) is 10.1. The molecule has 0 radical (unpaired) electrons. The molecule has 1 saturated heterocycles. The summed E-state index contributed by atoms with van der Waals surface area (Å²) >= 11 is 5.39. The molecule has 0 unspecified atom stereocenters. The van der Waals surface area contributed by atoms with Crippen LogP contribution in [0, 0.1) is 5.92 Å². The van der Waals surface area contributed by atoms with Gasteiger partial charge in [0.05, 0.1) is 12.7 Å². The molecular weight excluding hydrogens is 205 g/mol. The Labute approximate surface area is 84.6 Å². The number of hydrogen-bond acceptors (Lipinski definition) is 3. The predicted octanol–water partition coefficient (Wildman–Crippen LogP) is 1.99. The van der Waals surface area contributed by atoms with Crippen molar-refractivity contribution in [2.45, 2.75) is 25.4 Å². The Morgan fingerprint density at radius 1 is 1.38 bits per heavy atom. The van der Waals surface area contributed by atoms with Gasteiger partial charge in [0.2, 0.25) is 0 Å². The summed E-state index contributed by atoms with van der Waals surface area (Å²) < 4.78 is 13.5. The van der Waals surface area contributed by atoms with Gasteiger partial charge in [0.15, 0.2) is 0 Å². The van der Waals surface area contributed by atoms with E-state index < -0.39 is 6.64 Å². The van der Waals surface area contributed by atoms with Gasteiger partial charge >= 0.3 is 0 Å². The molecule has 0 bridgehead atoms. The summed E-state index contributed by atoms with van der Waals surface area (Å²) in [6, 6.07) is 0. The Morgan fingerprint density at radius 3 is 2.85 bits per heavy atom. The van der Waals surface area contributed by atoms with Gasteiger partial charge in [0, 0.05) is 5.92 Å². The molecule has 0 N–H and O–H groups in total. The fraction of sp³-hybridized carbons (Fsp3) is 1.00. The molecule has 5 heteroatoms. The average molecular weight is 221 g/mol. The van der Waals surface area contributed by atoms with E-state index in [0.29, 0.717) is 12.0 Å². The van der Waals surface area contributed by atoms with Gasteiger partial charge in [0.25, 0.3) is 6.64 Å². The minimum absolute atomic E-state index is 0.377. The molecule has 0 aromatic rings. The maximum absolute atomic E-state index is 5.89. The van der Waals surface area contributed by atoms with Gasteiger partial charge in [-0.3, -0.25) is 0 Å². The van der Waals surface area contributed by atoms with E-state index in [1.54, 1.807) is 0 Å². The number of rotatable bonds is 1. The van der Waals surface area contributed by atoms with Gasteiger partial charge in [-0.1, -0.05) is 6.42 Å². The molecule has 3 atom stereocenters. The Bertz CT molecular complexity index is 246. The zero-order valence-corrected chi connectivity index (χ0v) is 9.81. The van der Waals surface area contributed by atoms with E-state index >= 15 is 0 Å². The van der Waals surface area contributed by atoms with Crippen LogP contribution in [0.1, 0.15) is 19.3 Å². The van der Waals surface area contributed by atoms with Crippen LogP contribution in [0.15, 0.2) is 0 Å². The normalized spacial score (nSPS) is 45.2. The van der Waals surface area contributed by atoms with Gasteiger partial charge in [-0.25, -0.2) is 4.67 Å². The zero-order chi connectivity index (χ0) is 9.47. The Morgan fingerprint density at radius 2 is 2.15 bits per heavy atom. The molecule has 2 rings (SSSR count). The molecular formula is C8H16NO2PS. The quantitative estimate of drug-likeness (QED) is 0.631. The smallest absolute Gasteiger partial charge is 0.263 e. The van der Waals surface area contributed by atoms with Crippen LogP contribution in [-0.2, 0) is 20.9 Å².